The molecule has 2 aromatic carbocycles. The number of methoxy groups -OCH3 is 2. The summed E-state index contributed by atoms with van der Waals surface area (Å²) in [5, 5.41) is 1.40. The second kappa shape index (κ2) is 8.78. The Hall–Kier alpha value is -0.420. The molecule has 0 N–H and O–H groups in total. The summed E-state index contributed by atoms with van der Waals surface area (Å²) < 4.78 is 11.7. The fourth-order valence-electron chi connectivity index (χ4n) is 1.28. The molecule has 2 nitrogen and oxygen atoms in total. The largest absolute Gasteiger partial charge is 0.496 e. The van der Waals surface area contributed by atoms with Crippen LogP contribution < -0.4 is 9.47 Å². The Morgan fingerprint density at radius 2 is 1.10 bits per heavy atom. The molecule has 0 bridgehead atoms. The van der Waals surface area contributed by atoms with Crippen molar-refractivity contribution in [2.75, 3.05) is 14.2 Å². The van der Waals surface area contributed by atoms with Crippen LogP contribution in [-0.2, 0) is 0 Å². The van der Waals surface area contributed by atoms with Crippen molar-refractivity contribution in [3.05, 3.63) is 55.4 Å². The lowest BCUT2D eigenvalue weighted by Gasteiger charge is -2.01. The normalized spacial score (nSPS) is 9.50. The second-order valence-electron chi connectivity index (χ2n) is 3.56. The van der Waals surface area contributed by atoms with E-state index in [1.165, 1.54) is 0 Å². The molecule has 0 aliphatic heterocycles. The van der Waals surface area contributed by atoms with Crippen molar-refractivity contribution in [1.82, 2.24) is 0 Å². The van der Waals surface area contributed by atoms with E-state index in [1.807, 2.05) is 12.1 Å². The summed E-state index contributed by atoms with van der Waals surface area (Å²) in [5.41, 5.74) is 0. The van der Waals surface area contributed by atoms with Gasteiger partial charge in [-0.15, -0.1) is 0 Å². The number of halogens is 4. The monoisotopic (exact) mass is 440 g/mol. The van der Waals surface area contributed by atoms with E-state index in [0.717, 1.165) is 20.4 Å². The maximum absolute atomic E-state index is 5.69. The number of ether oxygens (including phenoxy) is 2. The van der Waals surface area contributed by atoms with Crippen LogP contribution in [0.2, 0.25) is 10.0 Å². The van der Waals surface area contributed by atoms with Gasteiger partial charge >= 0.3 is 0 Å². The van der Waals surface area contributed by atoms with Gasteiger partial charge in [-0.05, 0) is 68.3 Å². The number of benzene rings is 2. The van der Waals surface area contributed by atoms with Crippen LogP contribution in [0.15, 0.2) is 45.3 Å². The first-order valence-electron chi connectivity index (χ1n) is 5.46. The second-order valence-corrected chi connectivity index (χ2v) is 6.14. The topological polar surface area (TPSA) is 18.5 Å². The zero-order chi connectivity index (χ0) is 15.1. The molecular weight excluding hydrogens is 431 g/mol. The van der Waals surface area contributed by atoms with Crippen molar-refractivity contribution in [2.45, 2.75) is 0 Å². The Morgan fingerprint density at radius 3 is 1.35 bits per heavy atom. The van der Waals surface area contributed by atoms with Gasteiger partial charge in [-0.3, -0.25) is 0 Å². The molecule has 108 valence electrons. The molecule has 0 saturated carbocycles. The van der Waals surface area contributed by atoms with Gasteiger partial charge in [0.15, 0.2) is 0 Å². The van der Waals surface area contributed by atoms with Crippen molar-refractivity contribution >= 4 is 55.1 Å². The van der Waals surface area contributed by atoms with Gasteiger partial charge in [-0.25, -0.2) is 0 Å². The highest BCUT2D eigenvalue weighted by Gasteiger charge is 1.98. The van der Waals surface area contributed by atoms with Crippen molar-refractivity contribution in [2.24, 2.45) is 0 Å². The summed E-state index contributed by atoms with van der Waals surface area (Å²) >= 11 is 18.0. The summed E-state index contributed by atoms with van der Waals surface area (Å²) in [7, 11) is 3.24. The molecule has 0 fully saturated rings. The predicted octanol–water partition coefficient (Wildman–Crippen LogP) is 6.22. The highest BCUT2D eigenvalue weighted by molar-refractivity contribution is 9.10. The van der Waals surface area contributed by atoms with Gasteiger partial charge in [-0.2, -0.15) is 0 Å². The molecule has 2 rings (SSSR count). The molecule has 0 unspecified atom stereocenters. The Balaban J connectivity index is 0.000000200. The third-order valence-electron chi connectivity index (χ3n) is 2.23. The van der Waals surface area contributed by atoms with Crippen molar-refractivity contribution in [3.8, 4) is 11.5 Å². The van der Waals surface area contributed by atoms with E-state index in [0.29, 0.717) is 10.0 Å². The van der Waals surface area contributed by atoms with Gasteiger partial charge in [0.2, 0.25) is 0 Å². The van der Waals surface area contributed by atoms with E-state index >= 15 is 0 Å². The average Bonchev–Trinajstić information content (AvgIpc) is 2.40. The van der Waals surface area contributed by atoms with E-state index in [-0.39, 0.29) is 0 Å². The van der Waals surface area contributed by atoms with Gasteiger partial charge in [-0.1, -0.05) is 23.2 Å². The average molecular weight is 443 g/mol. The Morgan fingerprint density at radius 1 is 0.750 bits per heavy atom. The first-order chi connectivity index (χ1) is 9.47. The zero-order valence-electron chi connectivity index (χ0n) is 10.8. The Bertz CT molecular complexity index is 526. The van der Waals surface area contributed by atoms with Crippen LogP contribution in [-0.4, -0.2) is 14.2 Å². The Labute approximate surface area is 145 Å². The van der Waals surface area contributed by atoms with E-state index in [9.17, 15) is 0 Å². The van der Waals surface area contributed by atoms with Crippen LogP contribution in [0, 0.1) is 0 Å². The quantitative estimate of drug-likeness (QED) is 0.549. The summed E-state index contributed by atoms with van der Waals surface area (Å²) in [6, 6.07) is 10.8. The van der Waals surface area contributed by atoms with Crippen molar-refractivity contribution in [3.63, 3.8) is 0 Å². The van der Waals surface area contributed by atoms with Gasteiger partial charge < -0.3 is 9.47 Å². The molecule has 0 saturated heterocycles. The van der Waals surface area contributed by atoms with Crippen LogP contribution in [0.1, 0.15) is 0 Å². The molecule has 0 aliphatic rings. The molecule has 0 heterocycles. The van der Waals surface area contributed by atoms with Gasteiger partial charge in [0.1, 0.15) is 11.5 Å². The molecule has 2 aromatic rings. The minimum absolute atomic E-state index is 0.702. The molecule has 0 aromatic heterocycles. The van der Waals surface area contributed by atoms with Crippen LogP contribution >= 0.6 is 55.1 Å². The summed E-state index contributed by atoms with van der Waals surface area (Å²) in [6.45, 7) is 0. The fraction of sp³-hybridized carbons (Fsp3) is 0.143. The molecule has 0 amide bonds. The van der Waals surface area contributed by atoms with Crippen molar-refractivity contribution < 1.29 is 9.47 Å². The molecule has 0 radical (unpaired) electrons. The summed E-state index contributed by atoms with van der Waals surface area (Å²) in [4.78, 5) is 0. The number of rotatable bonds is 2. The summed E-state index contributed by atoms with van der Waals surface area (Å²) in [5.74, 6) is 1.59. The third-order valence-corrected chi connectivity index (χ3v) is 3.94. The van der Waals surface area contributed by atoms with Gasteiger partial charge in [0.25, 0.3) is 0 Å². The molecule has 20 heavy (non-hydrogen) atoms. The predicted molar refractivity (Wildman–Crippen MR) is 91.4 cm³/mol. The minimum atomic E-state index is 0.702. The molecule has 0 spiro atoms. The SMILES string of the molecule is COc1ccc(Cl)cc1Br.COc1ccc(Cl)cc1Br. The lowest BCUT2D eigenvalue weighted by molar-refractivity contribution is 0.412. The highest BCUT2D eigenvalue weighted by atomic mass is 79.9. The fourth-order valence-corrected chi connectivity index (χ4v) is 2.97. The molecule has 0 aliphatic carbocycles. The van der Waals surface area contributed by atoms with E-state index in [1.54, 1.807) is 38.5 Å². The standard InChI is InChI=1S/2C7H6BrClO/c2*1-10-7-3-2-5(9)4-6(7)8/h2*2-4H,1H3. The zero-order valence-corrected chi connectivity index (χ0v) is 15.5. The van der Waals surface area contributed by atoms with Crippen molar-refractivity contribution in [1.29, 1.82) is 0 Å². The van der Waals surface area contributed by atoms with Crippen LogP contribution in [0.5, 0.6) is 11.5 Å². The van der Waals surface area contributed by atoms with E-state index in [2.05, 4.69) is 31.9 Å². The van der Waals surface area contributed by atoms with Crippen LogP contribution in [0.25, 0.3) is 0 Å². The molecule has 6 heteroatoms. The minimum Gasteiger partial charge on any atom is -0.496 e. The smallest absolute Gasteiger partial charge is 0.133 e. The Kier molecular flexibility index (Phi) is 7.74. The lowest BCUT2D eigenvalue weighted by Crippen LogP contribution is -1.82. The first-order valence-corrected chi connectivity index (χ1v) is 7.80. The lowest BCUT2D eigenvalue weighted by atomic mass is 10.3. The molecular formula is C14H12Br2Cl2O2. The highest BCUT2D eigenvalue weighted by Crippen LogP contribution is 2.27. The van der Waals surface area contributed by atoms with E-state index in [4.69, 9.17) is 32.7 Å². The third kappa shape index (κ3) is 5.52. The maximum Gasteiger partial charge on any atom is 0.133 e. The van der Waals surface area contributed by atoms with Gasteiger partial charge in [0.05, 0.1) is 23.2 Å². The van der Waals surface area contributed by atoms with Gasteiger partial charge in [0, 0.05) is 10.0 Å². The van der Waals surface area contributed by atoms with Crippen LogP contribution in [0.3, 0.4) is 0 Å². The first kappa shape index (κ1) is 17.6. The van der Waals surface area contributed by atoms with E-state index < -0.39 is 0 Å². The number of hydrogen-bond acceptors (Lipinski definition) is 2. The number of hydrogen-bond donors (Lipinski definition) is 0. The maximum atomic E-state index is 5.69. The van der Waals surface area contributed by atoms with Crippen LogP contribution in [0.4, 0.5) is 0 Å². The molecule has 0 atom stereocenters. The summed E-state index contributed by atoms with van der Waals surface area (Å²) in [6.07, 6.45) is 0.